The standard InChI is InChI=1S/C12H14N2OS2/c15-14-7-9-17-12(14,11-13-6-8-16-11)10-4-2-1-3-5-10/h1-5,15H,6-9H2. The molecule has 0 spiro atoms. The molecule has 3 nitrogen and oxygen atoms in total. The molecule has 3 rings (SSSR count). The lowest BCUT2D eigenvalue weighted by molar-refractivity contribution is -0.108. The van der Waals surface area contributed by atoms with Gasteiger partial charge >= 0.3 is 0 Å². The van der Waals surface area contributed by atoms with Gasteiger partial charge in [-0.25, -0.2) is 0 Å². The van der Waals surface area contributed by atoms with Crippen molar-refractivity contribution in [1.82, 2.24) is 5.06 Å². The predicted molar refractivity (Wildman–Crippen MR) is 73.8 cm³/mol. The van der Waals surface area contributed by atoms with Gasteiger partial charge in [-0.05, 0) is 5.56 Å². The van der Waals surface area contributed by atoms with Gasteiger partial charge in [0.25, 0.3) is 0 Å². The van der Waals surface area contributed by atoms with Crippen LogP contribution in [-0.2, 0) is 4.87 Å². The number of nitrogens with zero attached hydrogens (tertiary/aromatic N) is 2. The number of aliphatic imine (C=N–C) groups is 1. The molecule has 1 fully saturated rings. The van der Waals surface area contributed by atoms with E-state index in [4.69, 9.17) is 0 Å². The maximum absolute atomic E-state index is 10.3. The molecule has 0 bridgehead atoms. The Kier molecular flexibility index (Phi) is 3.17. The molecular weight excluding hydrogens is 252 g/mol. The van der Waals surface area contributed by atoms with Crippen molar-refractivity contribution in [3.63, 3.8) is 0 Å². The number of hydrogen-bond donors (Lipinski definition) is 1. The van der Waals surface area contributed by atoms with E-state index in [2.05, 4.69) is 17.1 Å². The van der Waals surface area contributed by atoms with Crippen LogP contribution in [0, 0.1) is 0 Å². The molecule has 5 heteroatoms. The largest absolute Gasteiger partial charge is 0.312 e. The summed E-state index contributed by atoms with van der Waals surface area (Å²) in [6.45, 7) is 1.56. The first-order valence-electron chi connectivity index (χ1n) is 5.68. The summed E-state index contributed by atoms with van der Waals surface area (Å²) in [7, 11) is 0. The SMILES string of the molecule is ON1CCSC1(C1=NCCS1)c1ccccc1. The van der Waals surface area contributed by atoms with Crippen molar-refractivity contribution >= 4 is 28.6 Å². The molecule has 2 aliphatic rings. The number of hydrogen-bond acceptors (Lipinski definition) is 5. The van der Waals surface area contributed by atoms with Crippen LogP contribution in [0.4, 0.5) is 0 Å². The highest BCUT2D eigenvalue weighted by atomic mass is 32.2. The first-order chi connectivity index (χ1) is 8.34. The maximum Gasteiger partial charge on any atom is 0.164 e. The minimum absolute atomic E-state index is 0.456. The van der Waals surface area contributed by atoms with Crippen molar-refractivity contribution in [3.05, 3.63) is 35.9 Å². The van der Waals surface area contributed by atoms with Gasteiger partial charge in [0.1, 0.15) is 5.04 Å². The third-order valence-corrected chi connectivity index (χ3v) is 5.68. The molecule has 1 aromatic rings. The monoisotopic (exact) mass is 266 g/mol. The minimum Gasteiger partial charge on any atom is -0.312 e. The minimum atomic E-state index is -0.456. The van der Waals surface area contributed by atoms with Gasteiger partial charge in [0.15, 0.2) is 4.87 Å². The van der Waals surface area contributed by atoms with E-state index < -0.39 is 4.87 Å². The van der Waals surface area contributed by atoms with E-state index in [0.717, 1.165) is 28.7 Å². The summed E-state index contributed by atoms with van der Waals surface area (Å²) >= 11 is 3.54. The fourth-order valence-corrected chi connectivity index (χ4v) is 4.87. The van der Waals surface area contributed by atoms with Gasteiger partial charge in [-0.2, -0.15) is 5.06 Å². The van der Waals surface area contributed by atoms with Crippen LogP contribution in [0.25, 0.3) is 0 Å². The Morgan fingerprint density at radius 3 is 2.65 bits per heavy atom. The molecule has 1 aromatic carbocycles. The molecule has 0 aromatic heterocycles. The van der Waals surface area contributed by atoms with Gasteiger partial charge in [0.2, 0.25) is 0 Å². The van der Waals surface area contributed by atoms with Crippen molar-refractivity contribution in [3.8, 4) is 0 Å². The zero-order valence-electron chi connectivity index (χ0n) is 9.37. The van der Waals surface area contributed by atoms with Crippen molar-refractivity contribution in [2.24, 2.45) is 4.99 Å². The molecule has 90 valence electrons. The number of thioether (sulfide) groups is 2. The summed E-state index contributed by atoms with van der Waals surface area (Å²) in [5.41, 5.74) is 1.12. The Morgan fingerprint density at radius 1 is 1.24 bits per heavy atom. The van der Waals surface area contributed by atoms with E-state index in [1.165, 1.54) is 5.06 Å². The van der Waals surface area contributed by atoms with Crippen molar-refractivity contribution < 1.29 is 5.21 Å². The molecule has 1 saturated heterocycles. The smallest absolute Gasteiger partial charge is 0.164 e. The third kappa shape index (κ3) is 1.81. The molecule has 1 N–H and O–H groups in total. The zero-order chi connectivity index (χ0) is 11.7. The van der Waals surface area contributed by atoms with Crippen LogP contribution in [0.1, 0.15) is 5.56 Å². The van der Waals surface area contributed by atoms with Crippen LogP contribution in [0.15, 0.2) is 35.3 Å². The average Bonchev–Trinajstić information content (AvgIpc) is 3.00. The van der Waals surface area contributed by atoms with Crippen molar-refractivity contribution in [1.29, 1.82) is 0 Å². The quantitative estimate of drug-likeness (QED) is 0.892. The van der Waals surface area contributed by atoms with Gasteiger partial charge in [0.05, 0.1) is 0 Å². The number of benzene rings is 1. The number of rotatable bonds is 2. The van der Waals surface area contributed by atoms with Crippen LogP contribution in [0.3, 0.4) is 0 Å². The van der Waals surface area contributed by atoms with Gasteiger partial charge in [-0.1, -0.05) is 30.3 Å². The molecular formula is C12H14N2OS2. The van der Waals surface area contributed by atoms with Crippen LogP contribution >= 0.6 is 23.5 Å². The average molecular weight is 266 g/mol. The Bertz CT molecular complexity index is 437. The summed E-state index contributed by atoms with van der Waals surface area (Å²) < 4.78 is 0. The Balaban J connectivity index is 2.08. The van der Waals surface area contributed by atoms with Crippen LogP contribution in [-0.4, -0.2) is 39.9 Å². The third-order valence-electron chi connectivity index (χ3n) is 3.02. The lowest BCUT2D eigenvalue weighted by Gasteiger charge is -2.33. The van der Waals surface area contributed by atoms with E-state index in [-0.39, 0.29) is 0 Å². The lowest BCUT2D eigenvalue weighted by atomic mass is 10.1. The maximum atomic E-state index is 10.3. The van der Waals surface area contributed by atoms with E-state index in [0.29, 0.717) is 6.54 Å². The van der Waals surface area contributed by atoms with E-state index >= 15 is 0 Å². The molecule has 0 saturated carbocycles. The van der Waals surface area contributed by atoms with Crippen LogP contribution < -0.4 is 0 Å². The first kappa shape index (κ1) is 11.6. The van der Waals surface area contributed by atoms with Crippen LogP contribution in [0.2, 0.25) is 0 Å². The molecule has 17 heavy (non-hydrogen) atoms. The molecule has 1 unspecified atom stereocenters. The zero-order valence-corrected chi connectivity index (χ0v) is 11.0. The van der Waals surface area contributed by atoms with Gasteiger partial charge in [0, 0.05) is 24.6 Å². The molecule has 0 amide bonds. The van der Waals surface area contributed by atoms with Crippen molar-refractivity contribution in [2.75, 3.05) is 24.6 Å². The second-order valence-corrected chi connectivity index (χ2v) is 6.39. The molecule has 0 aliphatic carbocycles. The predicted octanol–water partition coefficient (Wildman–Crippen LogP) is 2.42. The van der Waals surface area contributed by atoms with E-state index in [9.17, 15) is 5.21 Å². The van der Waals surface area contributed by atoms with Crippen LogP contribution in [0.5, 0.6) is 0 Å². The first-order valence-corrected chi connectivity index (χ1v) is 7.65. The Morgan fingerprint density at radius 2 is 2.06 bits per heavy atom. The highest BCUT2D eigenvalue weighted by Gasteiger charge is 2.48. The Hall–Kier alpha value is -0.490. The number of hydroxylamine groups is 2. The topological polar surface area (TPSA) is 35.8 Å². The summed E-state index contributed by atoms with van der Waals surface area (Å²) in [4.78, 5) is 4.12. The summed E-state index contributed by atoms with van der Waals surface area (Å²) in [6, 6.07) is 10.2. The highest BCUT2D eigenvalue weighted by molar-refractivity contribution is 8.16. The lowest BCUT2D eigenvalue weighted by Crippen LogP contribution is -2.42. The second-order valence-electron chi connectivity index (χ2n) is 4.02. The fraction of sp³-hybridized carbons (Fsp3) is 0.417. The molecule has 2 heterocycles. The Labute approximate surface area is 109 Å². The van der Waals surface area contributed by atoms with Gasteiger partial charge in [-0.15, -0.1) is 23.5 Å². The molecule has 0 radical (unpaired) electrons. The fourth-order valence-electron chi connectivity index (χ4n) is 2.24. The second kappa shape index (κ2) is 4.65. The van der Waals surface area contributed by atoms with Crippen molar-refractivity contribution in [2.45, 2.75) is 4.87 Å². The van der Waals surface area contributed by atoms with E-state index in [1.54, 1.807) is 23.5 Å². The molecule has 1 atom stereocenters. The summed E-state index contributed by atoms with van der Waals surface area (Å²) in [5.74, 6) is 1.96. The highest BCUT2D eigenvalue weighted by Crippen LogP contribution is 2.48. The van der Waals surface area contributed by atoms with Gasteiger partial charge < -0.3 is 5.21 Å². The normalized spacial score (nSPS) is 29.6. The van der Waals surface area contributed by atoms with E-state index in [1.807, 2.05) is 18.2 Å². The summed E-state index contributed by atoms with van der Waals surface area (Å²) in [6.07, 6.45) is 0. The molecule has 2 aliphatic heterocycles. The van der Waals surface area contributed by atoms with Gasteiger partial charge in [-0.3, -0.25) is 4.99 Å². The summed E-state index contributed by atoms with van der Waals surface area (Å²) in [5, 5.41) is 12.8.